The molecular weight excluding hydrogens is 564 g/mol. The lowest BCUT2D eigenvalue weighted by Gasteiger charge is -2.32. The molecule has 0 atom stereocenters. The fourth-order valence-electron chi connectivity index (χ4n) is 5.44. The van der Waals surface area contributed by atoms with E-state index in [0.717, 1.165) is 34.0 Å². The molecule has 0 saturated carbocycles. The maximum Gasteiger partial charge on any atom is 0.150 e. The van der Waals surface area contributed by atoms with Crippen LogP contribution in [0.1, 0.15) is 16.7 Å². The van der Waals surface area contributed by atoms with E-state index in [-0.39, 0.29) is 0 Å². The second-order valence-electron chi connectivity index (χ2n) is 10.7. The van der Waals surface area contributed by atoms with Gasteiger partial charge in [-0.15, -0.1) is 0 Å². The second kappa shape index (κ2) is 13.6. The monoisotopic (exact) mass is 604 g/mol. The van der Waals surface area contributed by atoms with Crippen molar-refractivity contribution in [1.82, 2.24) is 0 Å². The van der Waals surface area contributed by atoms with Crippen LogP contribution in [0.2, 0.25) is 0 Å². The molecule has 0 aromatic heterocycles. The number of rotatable bonds is 11. The van der Waals surface area contributed by atoms with Crippen molar-refractivity contribution in [2.45, 2.75) is 20.8 Å². The molecule has 0 saturated heterocycles. The predicted molar refractivity (Wildman–Crippen MR) is 183 cm³/mol. The Morgan fingerprint density at radius 3 is 1.09 bits per heavy atom. The molecule has 7 heteroatoms. The molecule has 0 aliphatic rings. The smallest absolute Gasteiger partial charge is 0.150 e. The molecule has 0 bridgehead atoms. The molecule has 45 heavy (non-hydrogen) atoms. The first-order chi connectivity index (χ1) is 21.8. The summed E-state index contributed by atoms with van der Waals surface area (Å²) in [6.45, 7) is 6.22. The quantitative estimate of drug-likeness (QED) is 0.149. The minimum Gasteiger partial charge on any atom is -0.497 e. The predicted octanol–water partition coefficient (Wildman–Crippen LogP) is 9.59. The van der Waals surface area contributed by atoms with E-state index in [1.165, 1.54) is 11.1 Å². The zero-order chi connectivity index (χ0) is 32.1. The molecule has 232 valence electrons. The van der Waals surface area contributed by atoms with E-state index in [1.54, 1.807) is 35.5 Å². The third kappa shape index (κ3) is 6.34. The number of aryl methyl sites for hydroxylation is 3. The molecule has 0 aliphatic carbocycles. The van der Waals surface area contributed by atoms with Crippen LogP contribution in [0, 0.1) is 20.8 Å². The van der Waals surface area contributed by atoms with Crippen LogP contribution in [0.15, 0.2) is 97.1 Å². The molecule has 5 aromatic rings. The van der Waals surface area contributed by atoms with Gasteiger partial charge in [0.1, 0.15) is 34.4 Å². The Labute approximate surface area is 266 Å². The third-order valence-electron chi connectivity index (χ3n) is 7.78. The minimum atomic E-state index is 0.577. The maximum atomic E-state index is 5.95. The van der Waals surface area contributed by atoms with Crippen LogP contribution in [-0.2, 0) is 0 Å². The molecule has 0 aliphatic heterocycles. The van der Waals surface area contributed by atoms with Gasteiger partial charge in [-0.2, -0.15) is 0 Å². The Balaban J connectivity index is 1.73. The van der Waals surface area contributed by atoms with Crippen molar-refractivity contribution in [2.75, 3.05) is 45.3 Å². The molecule has 5 rings (SSSR count). The number of ether oxygens (including phenoxy) is 5. The summed E-state index contributed by atoms with van der Waals surface area (Å²) in [5, 5.41) is 0. The zero-order valence-corrected chi connectivity index (χ0v) is 27.2. The Hall–Kier alpha value is -5.30. The normalized spacial score (nSPS) is 10.7. The van der Waals surface area contributed by atoms with Gasteiger partial charge in [-0.1, -0.05) is 35.4 Å². The first-order valence-corrected chi connectivity index (χ1v) is 14.7. The van der Waals surface area contributed by atoms with Crippen molar-refractivity contribution in [2.24, 2.45) is 0 Å². The lowest BCUT2D eigenvalue weighted by Crippen LogP contribution is -2.16. The Morgan fingerprint density at radius 2 is 0.711 bits per heavy atom. The highest BCUT2D eigenvalue weighted by atomic mass is 16.5. The van der Waals surface area contributed by atoms with Crippen molar-refractivity contribution in [3.63, 3.8) is 0 Å². The van der Waals surface area contributed by atoms with Crippen molar-refractivity contribution in [3.8, 4) is 28.7 Å². The Bertz CT molecular complexity index is 1680. The molecule has 0 N–H and O–H groups in total. The average Bonchev–Trinajstić information content (AvgIpc) is 3.07. The minimum absolute atomic E-state index is 0.577. The molecular formula is C38H40N2O5. The van der Waals surface area contributed by atoms with E-state index < -0.39 is 0 Å². The number of methoxy groups -OCH3 is 5. The van der Waals surface area contributed by atoms with Crippen LogP contribution in [0.5, 0.6) is 28.7 Å². The Morgan fingerprint density at radius 1 is 0.378 bits per heavy atom. The van der Waals surface area contributed by atoms with Gasteiger partial charge >= 0.3 is 0 Å². The molecule has 0 fully saturated rings. The highest BCUT2D eigenvalue weighted by molar-refractivity contribution is 5.90. The Kier molecular flexibility index (Phi) is 9.38. The van der Waals surface area contributed by atoms with Gasteiger partial charge < -0.3 is 33.5 Å². The van der Waals surface area contributed by atoms with Gasteiger partial charge in [0.15, 0.2) is 0 Å². The zero-order valence-electron chi connectivity index (χ0n) is 27.2. The second-order valence-corrected chi connectivity index (χ2v) is 10.7. The van der Waals surface area contributed by atoms with E-state index in [2.05, 4.69) is 96.4 Å². The van der Waals surface area contributed by atoms with Crippen molar-refractivity contribution in [3.05, 3.63) is 114 Å². The van der Waals surface area contributed by atoms with E-state index in [9.17, 15) is 0 Å². The fraction of sp³-hybridized carbons (Fsp3) is 0.211. The van der Waals surface area contributed by atoms with E-state index >= 15 is 0 Å². The van der Waals surface area contributed by atoms with Crippen LogP contribution in [0.4, 0.5) is 34.1 Å². The molecule has 0 radical (unpaired) electrons. The van der Waals surface area contributed by atoms with Crippen molar-refractivity contribution in [1.29, 1.82) is 0 Å². The molecule has 5 aromatic carbocycles. The van der Waals surface area contributed by atoms with E-state index in [1.807, 2.05) is 31.2 Å². The summed E-state index contributed by atoms with van der Waals surface area (Å²) < 4.78 is 28.9. The van der Waals surface area contributed by atoms with Crippen LogP contribution < -0.4 is 33.5 Å². The summed E-state index contributed by atoms with van der Waals surface area (Å²) in [4.78, 5) is 4.34. The standard InChI is InChI=1S/C38H40N2O5/c1-25-9-13-28(14-10-25)39(29-15-11-26(2)12-16-29)30-17-19-31(20-18-30)40(37-27(3)21-32(41-4)22-34(37)43-6)38-35(44-7)23-33(42-5)24-36(38)45-8/h9-24H,1-8H3. The molecule has 0 unspecified atom stereocenters. The van der Waals surface area contributed by atoms with Gasteiger partial charge in [0, 0.05) is 40.9 Å². The maximum absolute atomic E-state index is 5.95. The first kappa shape index (κ1) is 31.1. The van der Waals surface area contributed by atoms with Gasteiger partial charge in [0.25, 0.3) is 0 Å². The summed E-state index contributed by atoms with van der Waals surface area (Å²) in [5.74, 6) is 3.11. The fourth-order valence-corrected chi connectivity index (χ4v) is 5.44. The van der Waals surface area contributed by atoms with Crippen LogP contribution >= 0.6 is 0 Å². The summed E-state index contributed by atoms with van der Waals surface area (Å²) in [7, 11) is 8.20. The lowest BCUT2D eigenvalue weighted by atomic mass is 10.1. The average molecular weight is 605 g/mol. The highest BCUT2D eigenvalue weighted by Gasteiger charge is 2.27. The lowest BCUT2D eigenvalue weighted by molar-refractivity contribution is 0.376. The third-order valence-corrected chi connectivity index (χ3v) is 7.78. The van der Waals surface area contributed by atoms with Crippen LogP contribution in [-0.4, -0.2) is 35.5 Å². The van der Waals surface area contributed by atoms with Crippen molar-refractivity contribution >= 4 is 34.1 Å². The van der Waals surface area contributed by atoms with E-state index in [0.29, 0.717) is 34.4 Å². The van der Waals surface area contributed by atoms with Gasteiger partial charge in [-0.3, -0.25) is 0 Å². The number of benzene rings is 5. The number of anilines is 6. The van der Waals surface area contributed by atoms with Crippen LogP contribution in [0.25, 0.3) is 0 Å². The SMILES string of the molecule is COc1cc(C)c(N(c2ccc(N(c3ccc(C)cc3)c3ccc(C)cc3)cc2)c2c(OC)cc(OC)cc2OC)c(OC)c1. The summed E-state index contributed by atoms with van der Waals surface area (Å²) >= 11 is 0. The van der Waals surface area contributed by atoms with Gasteiger partial charge in [-0.25, -0.2) is 0 Å². The summed E-state index contributed by atoms with van der Waals surface area (Å²) in [6.07, 6.45) is 0. The summed E-state index contributed by atoms with van der Waals surface area (Å²) in [6, 6.07) is 33.1. The molecule has 0 heterocycles. The van der Waals surface area contributed by atoms with Gasteiger partial charge in [0.05, 0.1) is 41.2 Å². The largest absolute Gasteiger partial charge is 0.497 e. The number of hydrogen-bond donors (Lipinski definition) is 0. The van der Waals surface area contributed by atoms with Crippen LogP contribution in [0.3, 0.4) is 0 Å². The van der Waals surface area contributed by atoms with Gasteiger partial charge in [0.2, 0.25) is 0 Å². The molecule has 0 spiro atoms. The van der Waals surface area contributed by atoms with Gasteiger partial charge in [-0.05, 0) is 80.9 Å². The highest BCUT2D eigenvalue weighted by Crippen LogP contribution is 2.52. The number of hydrogen-bond acceptors (Lipinski definition) is 7. The molecule has 0 amide bonds. The number of nitrogens with zero attached hydrogens (tertiary/aromatic N) is 2. The topological polar surface area (TPSA) is 52.6 Å². The summed E-state index contributed by atoms with van der Waals surface area (Å²) in [5.41, 5.74) is 8.91. The van der Waals surface area contributed by atoms with Crippen molar-refractivity contribution < 1.29 is 23.7 Å². The first-order valence-electron chi connectivity index (χ1n) is 14.7. The molecule has 7 nitrogen and oxygen atoms in total. The van der Waals surface area contributed by atoms with E-state index in [4.69, 9.17) is 23.7 Å².